The molecule has 0 spiro atoms. The predicted octanol–water partition coefficient (Wildman–Crippen LogP) is 3.39. The van der Waals surface area contributed by atoms with Crippen LogP contribution < -0.4 is 9.47 Å². The van der Waals surface area contributed by atoms with E-state index in [4.69, 9.17) is 14.0 Å². The molecule has 31 heavy (non-hydrogen) atoms. The van der Waals surface area contributed by atoms with Crippen LogP contribution in [0.3, 0.4) is 0 Å². The molecule has 3 rings (SSSR count). The lowest BCUT2D eigenvalue weighted by molar-refractivity contribution is -0.385. The number of likely N-dealkylation sites (N-methyl/N-ethyl adjacent to an activating group) is 1. The number of amides is 1. The molecule has 1 heterocycles. The van der Waals surface area contributed by atoms with Crippen molar-refractivity contribution in [2.24, 2.45) is 0 Å². The molecule has 0 aliphatic rings. The van der Waals surface area contributed by atoms with Crippen molar-refractivity contribution >= 4 is 11.6 Å². The first-order valence-corrected chi connectivity index (χ1v) is 9.54. The quantitative estimate of drug-likeness (QED) is 0.377. The smallest absolute Gasteiger partial charge is 0.272 e. The van der Waals surface area contributed by atoms with Crippen LogP contribution in [0.1, 0.15) is 18.4 Å². The average Bonchev–Trinajstić information content (AvgIpc) is 3.24. The van der Waals surface area contributed by atoms with Crippen molar-refractivity contribution < 1.29 is 23.7 Å². The maximum atomic E-state index is 12.5. The fraction of sp³-hybridized carbons (Fsp3) is 0.286. The Bertz CT molecular complexity index is 1060. The fourth-order valence-corrected chi connectivity index (χ4v) is 2.87. The molecule has 0 radical (unpaired) electrons. The second-order valence-corrected chi connectivity index (χ2v) is 6.64. The van der Waals surface area contributed by atoms with Crippen molar-refractivity contribution in [3.8, 4) is 22.9 Å². The molecule has 0 aliphatic carbocycles. The Kier molecular flexibility index (Phi) is 6.81. The highest BCUT2D eigenvalue weighted by Crippen LogP contribution is 2.23. The lowest BCUT2D eigenvalue weighted by atomic mass is 10.2. The molecule has 2 aromatic carbocycles. The van der Waals surface area contributed by atoms with Gasteiger partial charge in [-0.2, -0.15) is 4.98 Å². The summed E-state index contributed by atoms with van der Waals surface area (Å²) >= 11 is 0. The van der Waals surface area contributed by atoms with E-state index in [1.807, 2.05) is 19.1 Å². The van der Waals surface area contributed by atoms with Crippen LogP contribution in [0.2, 0.25) is 0 Å². The van der Waals surface area contributed by atoms with Gasteiger partial charge < -0.3 is 18.9 Å². The zero-order valence-corrected chi connectivity index (χ0v) is 17.4. The van der Waals surface area contributed by atoms with Gasteiger partial charge >= 0.3 is 0 Å². The number of carbonyl (C=O) groups is 1. The zero-order chi connectivity index (χ0) is 22.4. The van der Waals surface area contributed by atoms with Crippen molar-refractivity contribution in [3.63, 3.8) is 0 Å². The average molecular weight is 426 g/mol. The topological polar surface area (TPSA) is 121 Å². The van der Waals surface area contributed by atoms with E-state index in [0.717, 1.165) is 11.3 Å². The molecule has 1 amide bonds. The Hall–Kier alpha value is -3.95. The molecule has 10 nitrogen and oxygen atoms in total. The minimum absolute atomic E-state index is 0.00193. The lowest BCUT2D eigenvalue weighted by Gasteiger charge is -2.19. The van der Waals surface area contributed by atoms with Gasteiger partial charge in [0.05, 0.1) is 12.0 Å². The molecule has 0 aliphatic heterocycles. The molecule has 1 aromatic heterocycles. The van der Waals surface area contributed by atoms with Gasteiger partial charge in [0.15, 0.2) is 6.61 Å². The third-order valence-corrected chi connectivity index (χ3v) is 4.60. The predicted molar refractivity (Wildman–Crippen MR) is 111 cm³/mol. The highest BCUT2D eigenvalue weighted by molar-refractivity contribution is 5.77. The van der Waals surface area contributed by atoms with Gasteiger partial charge in [0, 0.05) is 23.7 Å². The van der Waals surface area contributed by atoms with Gasteiger partial charge in [0.1, 0.15) is 18.0 Å². The van der Waals surface area contributed by atoms with Gasteiger partial charge in [-0.3, -0.25) is 14.9 Å². The van der Waals surface area contributed by atoms with Crippen molar-refractivity contribution in [1.82, 2.24) is 15.0 Å². The molecule has 0 bridgehead atoms. The summed E-state index contributed by atoms with van der Waals surface area (Å²) in [6, 6.07) is 11.6. The Labute approximate surface area is 178 Å². The van der Waals surface area contributed by atoms with Gasteiger partial charge in [-0.05, 0) is 50.2 Å². The highest BCUT2D eigenvalue weighted by Gasteiger charge is 2.18. The zero-order valence-electron chi connectivity index (χ0n) is 17.4. The molecule has 3 aromatic rings. The van der Waals surface area contributed by atoms with Crippen molar-refractivity contribution in [1.29, 1.82) is 0 Å². The maximum absolute atomic E-state index is 12.5. The molecule has 0 saturated heterocycles. The minimum Gasteiger partial charge on any atom is -0.497 e. The van der Waals surface area contributed by atoms with E-state index in [0.29, 0.717) is 29.6 Å². The SMILES string of the molecule is CCN(Cc1nc(-c2ccc(OC)cc2)no1)C(=O)COc1ccc([N+](=O)[O-])c(C)c1. The number of rotatable bonds is 9. The number of ether oxygens (including phenoxy) is 2. The Balaban J connectivity index is 1.60. The first kappa shape index (κ1) is 21.8. The summed E-state index contributed by atoms with van der Waals surface area (Å²) in [5, 5.41) is 14.9. The molecule has 0 unspecified atom stereocenters. The molecular weight excluding hydrogens is 404 g/mol. The largest absolute Gasteiger partial charge is 0.497 e. The Morgan fingerprint density at radius 1 is 1.19 bits per heavy atom. The number of nitrogens with zero attached hydrogens (tertiary/aromatic N) is 4. The fourth-order valence-electron chi connectivity index (χ4n) is 2.87. The third kappa shape index (κ3) is 5.35. The number of aromatic nitrogens is 2. The van der Waals surface area contributed by atoms with Crippen LogP contribution in [-0.2, 0) is 11.3 Å². The number of hydrogen-bond donors (Lipinski definition) is 0. The van der Waals surface area contributed by atoms with Crippen LogP contribution >= 0.6 is 0 Å². The lowest BCUT2D eigenvalue weighted by Crippen LogP contribution is -2.34. The number of nitro benzene ring substituents is 1. The summed E-state index contributed by atoms with van der Waals surface area (Å²) in [7, 11) is 1.59. The number of methoxy groups -OCH3 is 1. The van der Waals surface area contributed by atoms with E-state index in [-0.39, 0.29) is 24.7 Å². The van der Waals surface area contributed by atoms with Gasteiger partial charge in [0.25, 0.3) is 11.6 Å². The first-order chi connectivity index (χ1) is 14.9. The summed E-state index contributed by atoms with van der Waals surface area (Å²) in [4.78, 5) is 28.8. The van der Waals surface area contributed by atoms with E-state index in [2.05, 4.69) is 10.1 Å². The number of aryl methyl sites for hydroxylation is 1. The van der Waals surface area contributed by atoms with E-state index >= 15 is 0 Å². The van der Waals surface area contributed by atoms with Crippen molar-refractivity contribution in [2.75, 3.05) is 20.3 Å². The molecule has 0 atom stereocenters. The van der Waals surface area contributed by atoms with E-state index < -0.39 is 4.92 Å². The number of nitro groups is 1. The minimum atomic E-state index is -0.465. The summed E-state index contributed by atoms with van der Waals surface area (Å²) < 4.78 is 15.9. The summed E-state index contributed by atoms with van der Waals surface area (Å²) in [6.45, 7) is 3.78. The normalized spacial score (nSPS) is 10.5. The first-order valence-electron chi connectivity index (χ1n) is 9.54. The van der Waals surface area contributed by atoms with Crippen LogP contribution in [0.5, 0.6) is 11.5 Å². The van der Waals surface area contributed by atoms with Crippen LogP contribution in [-0.4, -0.2) is 46.1 Å². The molecule has 10 heteroatoms. The Morgan fingerprint density at radius 2 is 1.90 bits per heavy atom. The summed E-state index contributed by atoms with van der Waals surface area (Å²) in [6.07, 6.45) is 0. The summed E-state index contributed by atoms with van der Waals surface area (Å²) in [5.41, 5.74) is 1.22. The van der Waals surface area contributed by atoms with Crippen LogP contribution in [0.15, 0.2) is 47.0 Å². The number of hydrogen-bond acceptors (Lipinski definition) is 8. The highest BCUT2D eigenvalue weighted by atomic mass is 16.6. The molecule has 0 N–H and O–H groups in total. The second-order valence-electron chi connectivity index (χ2n) is 6.64. The van der Waals surface area contributed by atoms with Gasteiger partial charge in [-0.1, -0.05) is 5.16 Å². The molecule has 0 fully saturated rings. The number of carbonyl (C=O) groups excluding carboxylic acids is 1. The maximum Gasteiger partial charge on any atom is 0.272 e. The third-order valence-electron chi connectivity index (χ3n) is 4.60. The van der Waals surface area contributed by atoms with Crippen LogP contribution in [0.25, 0.3) is 11.4 Å². The molecule has 0 saturated carbocycles. The standard InChI is InChI=1S/C21H22N4O6/c1-4-24(20(26)13-30-17-9-10-18(25(27)28)14(2)11-17)12-19-22-21(23-31-19)15-5-7-16(29-3)8-6-15/h5-11H,4,12-13H2,1-3H3. The van der Waals surface area contributed by atoms with Gasteiger partial charge in [-0.25, -0.2) is 0 Å². The van der Waals surface area contributed by atoms with E-state index in [9.17, 15) is 14.9 Å². The van der Waals surface area contributed by atoms with Gasteiger partial charge in [-0.15, -0.1) is 0 Å². The van der Waals surface area contributed by atoms with Crippen LogP contribution in [0.4, 0.5) is 5.69 Å². The van der Waals surface area contributed by atoms with E-state index in [1.165, 1.54) is 23.1 Å². The second kappa shape index (κ2) is 9.70. The monoisotopic (exact) mass is 426 g/mol. The molecular formula is C21H22N4O6. The number of benzene rings is 2. The summed E-state index contributed by atoms with van der Waals surface area (Å²) in [5.74, 6) is 1.54. The van der Waals surface area contributed by atoms with Crippen molar-refractivity contribution in [3.05, 3.63) is 64.0 Å². The van der Waals surface area contributed by atoms with Crippen molar-refractivity contribution in [2.45, 2.75) is 20.4 Å². The van der Waals surface area contributed by atoms with Gasteiger partial charge in [0.2, 0.25) is 11.7 Å². The Morgan fingerprint density at radius 3 is 2.52 bits per heavy atom. The molecule has 162 valence electrons. The van der Waals surface area contributed by atoms with Crippen LogP contribution in [0, 0.1) is 17.0 Å². The van der Waals surface area contributed by atoms with E-state index in [1.54, 1.807) is 26.2 Å².